The molecule has 2 heterocycles. The van der Waals surface area contributed by atoms with Gasteiger partial charge < -0.3 is 23.7 Å². The molecule has 0 amide bonds. The van der Waals surface area contributed by atoms with Crippen LogP contribution in [-0.2, 0) is 38.1 Å². The van der Waals surface area contributed by atoms with Crippen LogP contribution in [0.15, 0.2) is 6.20 Å². The van der Waals surface area contributed by atoms with Gasteiger partial charge in [0.25, 0.3) is 0 Å². The molecule has 0 aliphatic carbocycles. The minimum atomic E-state index is -1.07. The van der Waals surface area contributed by atoms with Gasteiger partial charge in [0.2, 0.25) is 0 Å². The zero-order valence-electron chi connectivity index (χ0n) is 15.7. The summed E-state index contributed by atoms with van der Waals surface area (Å²) in [5.41, 5.74) is -0.103. The van der Waals surface area contributed by atoms with Gasteiger partial charge >= 0.3 is 23.9 Å². The van der Waals surface area contributed by atoms with E-state index in [-0.39, 0.29) is 12.3 Å². The van der Waals surface area contributed by atoms with Crippen LogP contribution in [-0.4, -0.2) is 70.9 Å². The Morgan fingerprint density at radius 1 is 1.11 bits per heavy atom. The Hall–Kier alpha value is -3.02. The molecule has 1 aromatic heterocycles. The third kappa shape index (κ3) is 5.25. The molecule has 0 saturated carbocycles. The van der Waals surface area contributed by atoms with E-state index in [0.29, 0.717) is 0 Å². The Morgan fingerprint density at radius 3 is 2.36 bits per heavy atom. The van der Waals surface area contributed by atoms with Gasteiger partial charge in [-0.1, -0.05) is 5.21 Å². The minimum Gasteiger partial charge on any atom is -0.464 e. The lowest BCUT2D eigenvalue weighted by Gasteiger charge is -2.40. The van der Waals surface area contributed by atoms with Crippen molar-refractivity contribution >= 4 is 23.9 Å². The number of ether oxygens (including phenoxy) is 5. The third-order valence-corrected chi connectivity index (χ3v) is 3.69. The van der Waals surface area contributed by atoms with Crippen molar-refractivity contribution in [2.75, 3.05) is 13.7 Å². The van der Waals surface area contributed by atoms with Gasteiger partial charge in [0.05, 0.1) is 13.3 Å². The molecule has 1 aliphatic heterocycles. The average Bonchev–Trinajstić information content (AvgIpc) is 3.09. The number of hydrogen-bond acceptors (Lipinski definition) is 11. The summed E-state index contributed by atoms with van der Waals surface area (Å²) >= 11 is 0. The van der Waals surface area contributed by atoms with E-state index in [1.165, 1.54) is 45.4 Å². The van der Waals surface area contributed by atoms with Crippen LogP contribution >= 0.6 is 0 Å². The van der Waals surface area contributed by atoms with Crippen LogP contribution < -0.4 is 0 Å². The molecule has 12 heteroatoms. The highest BCUT2D eigenvalue weighted by molar-refractivity contribution is 5.86. The summed E-state index contributed by atoms with van der Waals surface area (Å²) in [6, 6.07) is -0.937. The third-order valence-electron chi connectivity index (χ3n) is 3.69. The minimum absolute atomic E-state index is 0.103. The van der Waals surface area contributed by atoms with E-state index in [1.54, 1.807) is 0 Å². The van der Waals surface area contributed by atoms with Gasteiger partial charge in [0, 0.05) is 20.8 Å². The number of methoxy groups -OCH3 is 1. The molecule has 0 aromatic carbocycles. The van der Waals surface area contributed by atoms with E-state index in [0.717, 1.165) is 0 Å². The summed E-state index contributed by atoms with van der Waals surface area (Å²) < 4.78 is 26.8. The van der Waals surface area contributed by atoms with E-state index in [2.05, 4.69) is 15.0 Å². The van der Waals surface area contributed by atoms with E-state index in [4.69, 9.17) is 18.9 Å². The van der Waals surface area contributed by atoms with Crippen molar-refractivity contribution in [1.82, 2.24) is 15.0 Å². The topological polar surface area (TPSA) is 145 Å². The summed E-state index contributed by atoms with van der Waals surface area (Å²) in [4.78, 5) is 45.9. The summed E-state index contributed by atoms with van der Waals surface area (Å²) in [6.45, 7) is 4.57. The first-order chi connectivity index (χ1) is 13.2. The van der Waals surface area contributed by atoms with Crippen LogP contribution in [0.2, 0.25) is 0 Å². The van der Waals surface area contributed by atoms with E-state index in [9.17, 15) is 19.2 Å². The monoisotopic (exact) mass is 398 g/mol. The SMILES string of the molecule is COC(=O)c1cn([C@@H]2[C@@H](OC(C)=O)[C@@H](COC(C)=O)O[CH][C@@H]2OC(C)=O)nn1. The second-order valence-electron chi connectivity index (χ2n) is 5.83. The van der Waals surface area contributed by atoms with E-state index < -0.39 is 48.2 Å². The Bertz CT molecular complexity index is 747. The molecule has 1 fully saturated rings. The molecule has 0 unspecified atom stereocenters. The summed E-state index contributed by atoms with van der Waals surface area (Å²) in [5, 5.41) is 7.56. The maximum absolute atomic E-state index is 11.7. The number of esters is 4. The molecular formula is C16H20N3O9. The summed E-state index contributed by atoms with van der Waals surface area (Å²) in [5.74, 6) is -2.56. The first-order valence-corrected chi connectivity index (χ1v) is 8.19. The highest BCUT2D eigenvalue weighted by Crippen LogP contribution is 2.33. The lowest BCUT2D eigenvalue weighted by atomic mass is 9.97. The van der Waals surface area contributed by atoms with Crippen LogP contribution in [0.1, 0.15) is 37.3 Å². The molecule has 1 radical (unpaired) electrons. The predicted molar refractivity (Wildman–Crippen MR) is 87.3 cm³/mol. The van der Waals surface area contributed by atoms with E-state index in [1.807, 2.05) is 0 Å². The summed E-state index contributed by atoms with van der Waals surface area (Å²) in [7, 11) is 1.18. The second kappa shape index (κ2) is 9.26. The van der Waals surface area contributed by atoms with Gasteiger partial charge in [-0.25, -0.2) is 9.48 Å². The molecule has 0 bridgehead atoms. The maximum atomic E-state index is 11.7. The molecule has 1 aromatic rings. The smallest absolute Gasteiger partial charge is 0.360 e. The molecule has 153 valence electrons. The molecule has 2 rings (SSSR count). The molecule has 0 spiro atoms. The number of rotatable bonds is 6. The fourth-order valence-corrected chi connectivity index (χ4v) is 2.62. The molecule has 28 heavy (non-hydrogen) atoms. The van der Waals surface area contributed by atoms with Gasteiger partial charge in [-0.05, 0) is 0 Å². The van der Waals surface area contributed by atoms with Crippen LogP contribution in [0.5, 0.6) is 0 Å². The predicted octanol–water partition coefficient (Wildman–Crippen LogP) is -0.407. The van der Waals surface area contributed by atoms with E-state index >= 15 is 0 Å². The van der Waals surface area contributed by atoms with Crippen molar-refractivity contribution in [2.24, 2.45) is 0 Å². The number of carbonyl (C=O) groups excluding carboxylic acids is 4. The van der Waals surface area contributed by atoms with Crippen LogP contribution in [0, 0.1) is 6.61 Å². The number of carbonyl (C=O) groups is 4. The molecular weight excluding hydrogens is 378 g/mol. The highest BCUT2D eigenvalue weighted by atomic mass is 16.6. The average molecular weight is 398 g/mol. The molecule has 1 saturated heterocycles. The van der Waals surface area contributed by atoms with Gasteiger partial charge in [0.15, 0.2) is 17.9 Å². The fourth-order valence-electron chi connectivity index (χ4n) is 2.62. The van der Waals surface area contributed by atoms with Crippen molar-refractivity contribution in [3.8, 4) is 0 Å². The number of hydrogen-bond donors (Lipinski definition) is 0. The van der Waals surface area contributed by atoms with Crippen molar-refractivity contribution in [3.05, 3.63) is 18.5 Å². The summed E-state index contributed by atoms with van der Waals surface area (Å²) in [6.07, 6.45) is -1.75. The zero-order chi connectivity index (χ0) is 20.8. The van der Waals surface area contributed by atoms with Crippen LogP contribution in [0.3, 0.4) is 0 Å². The Kier molecular flexibility index (Phi) is 7.04. The first-order valence-electron chi connectivity index (χ1n) is 8.19. The Labute approximate surface area is 160 Å². The largest absolute Gasteiger partial charge is 0.464 e. The molecule has 1 aliphatic rings. The fraction of sp³-hybridized carbons (Fsp3) is 0.562. The molecule has 12 nitrogen and oxygen atoms in total. The quantitative estimate of drug-likeness (QED) is 0.455. The maximum Gasteiger partial charge on any atom is 0.360 e. The lowest BCUT2D eigenvalue weighted by Crippen LogP contribution is -2.53. The van der Waals surface area contributed by atoms with Gasteiger partial charge in [-0.3, -0.25) is 14.4 Å². The molecule has 0 N–H and O–H groups in total. The zero-order valence-corrected chi connectivity index (χ0v) is 15.7. The van der Waals surface area contributed by atoms with Crippen molar-refractivity contribution in [1.29, 1.82) is 0 Å². The van der Waals surface area contributed by atoms with Crippen molar-refractivity contribution in [3.63, 3.8) is 0 Å². The van der Waals surface area contributed by atoms with Gasteiger partial charge in [0.1, 0.15) is 25.4 Å². The lowest BCUT2D eigenvalue weighted by molar-refractivity contribution is -0.191. The molecule has 4 atom stereocenters. The first kappa shape index (κ1) is 21.3. The van der Waals surface area contributed by atoms with Gasteiger partial charge in [-0.15, -0.1) is 5.10 Å². The number of aromatic nitrogens is 3. The van der Waals surface area contributed by atoms with Crippen LogP contribution in [0.25, 0.3) is 0 Å². The normalized spacial score (nSPS) is 24.1. The number of nitrogens with zero attached hydrogens (tertiary/aromatic N) is 3. The van der Waals surface area contributed by atoms with Crippen molar-refractivity contribution in [2.45, 2.75) is 45.1 Å². The standard InChI is InChI=1S/C16H20N3O9/c1-8(20)25-7-13-15(28-10(3)22)14(12(6-26-13)27-9(2)21)19-5-11(17-18-19)16(23)24-4/h5-6,12-15H,7H2,1-4H3/t12-,13+,14-,15-/m0/s1. The Morgan fingerprint density at radius 2 is 1.79 bits per heavy atom. The second-order valence-corrected chi connectivity index (χ2v) is 5.83. The van der Waals surface area contributed by atoms with Crippen LogP contribution in [0.4, 0.5) is 0 Å². The van der Waals surface area contributed by atoms with Gasteiger partial charge in [-0.2, -0.15) is 0 Å². The Balaban J connectivity index is 2.40. The highest BCUT2D eigenvalue weighted by Gasteiger charge is 2.47. The van der Waals surface area contributed by atoms with Crippen molar-refractivity contribution < 1.29 is 42.9 Å².